The van der Waals surface area contributed by atoms with Crippen LogP contribution >= 0.6 is 11.6 Å². The molecule has 0 saturated carbocycles. The van der Waals surface area contributed by atoms with E-state index in [1.54, 1.807) is 0 Å². The van der Waals surface area contributed by atoms with Crippen LogP contribution in [0.5, 0.6) is 0 Å². The number of fused-ring (bicyclic) bond motifs is 3. The molecule has 2 aromatic rings. The molecule has 5 rings (SSSR count). The number of nitrogens with one attached hydrogen (secondary N) is 1. The minimum atomic E-state index is -0.534. The first-order chi connectivity index (χ1) is 12.7. The molecule has 4 nitrogen and oxygen atoms in total. The molecule has 0 aromatic heterocycles. The van der Waals surface area contributed by atoms with Crippen LogP contribution in [0.4, 0.5) is 5.69 Å². The lowest BCUT2D eigenvalue weighted by molar-refractivity contribution is -0.159. The predicted molar refractivity (Wildman–Crippen MR) is 103 cm³/mol. The highest BCUT2D eigenvalue weighted by molar-refractivity contribution is 6.30. The van der Waals surface area contributed by atoms with Crippen molar-refractivity contribution in [1.82, 2.24) is 4.90 Å². The van der Waals surface area contributed by atoms with Gasteiger partial charge in [0, 0.05) is 17.3 Å². The smallest absolute Gasteiger partial charge is 0.333 e. The number of benzene rings is 2. The number of ether oxygens (including phenoxy) is 1. The third kappa shape index (κ3) is 3.87. The molecule has 3 fully saturated rings. The maximum atomic E-state index is 13.0. The van der Waals surface area contributed by atoms with Crippen molar-refractivity contribution in [2.24, 2.45) is 5.92 Å². The van der Waals surface area contributed by atoms with E-state index in [-0.39, 0.29) is 12.1 Å². The fourth-order valence-electron chi connectivity index (χ4n) is 3.90. The van der Waals surface area contributed by atoms with Crippen molar-refractivity contribution in [2.45, 2.75) is 25.0 Å². The first kappa shape index (κ1) is 17.4. The van der Waals surface area contributed by atoms with Gasteiger partial charge in [-0.15, -0.1) is 0 Å². The van der Waals surface area contributed by atoms with E-state index in [0.717, 1.165) is 43.7 Å². The number of carbonyl (C=O) groups excluding carboxylic acids is 1. The van der Waals surface area contributed by atoms with Crippen LogP contribution in [0, 0.1) is 5.92 Å². The van der Waals surface area contributed by atoms with E-state index >= 15 is 0 Å². The third-order valence-electron chi connectivity index (χ3n) is 5.39. The molecule has 0 amide bonds. The maximum absolute atomic E-state index is 13.0. The number of rotatable bonds is 5. The molecule has 136 valence electrons. The van der Waals surface area contributed by atoms with Crippen LogP contribution in [-0.4, -0.2) is 36.6 Å². The van der Waals surface area contributed by atoms with Gasteiger partial charge in [0.25, 0.3) is 0 Å². The normalized spacial score (nSPS) is 25.5. The van der Waals surface area contributed by atoms with E-state index < -0.39 is 6.04 Å². The van der Waals surface area contributed by atoms with Crippen molar-refractivity contribution in [3.63, 3.8) is 0 Å². The molecule has 3 saturated heterocycles. The highest BCUT2D eigenvalue weighted by atomic mass is 35.5. The first-order valence-electron chi connectivity index (χ1n) is 9.19. The molecule has 3 aliphatic rings. The fraction of sp³-hybridized carbons (Fsp3) is 0.381. The number of anilines is 1. The van der Waals surface area contributed by atoms with E-state index in [1.165, 1.54) is 0 Å². The summed E-state index contributed by atoms with van der Waals surface area (Å²) < 4.78 is 5.97. The fourth-order valence-corrected chi connectivity index (χ4v) is 4.02. The first-order valence-corrected chi connectivity index (χ1v) is 9.57. The average Bonchev–Trinajstić information content (AvgIpc) is 2.69. The highest BCUT2D eigenvalue weighted by Gasteiger charge is 2.37. The SMILES string of the molecule is O=C(O[C@H]1CN2CCC1CC2)C(Nc1ccc(Cl)cc1)c1ccccc1. The van der Waals surface area contributed by atoms with Crippen LogP contribution in [0.15, 0.2) is 54.6 Å². The largest absolute Gasteiger partial charge is 0.459 e. The van der Waals surface area contributed by atoms with Gasteiger partial charge in [-0.25, -0.2) is 4.79 Å². The van der Waals surface area contributed by atoms with Crippen molar-refractivity contribution in [3.8, 4) is 0 Å². The maximum Gasteiger partial charge on any atom is 0.333 e. The Bertz CT molecular complexity index is 742. The monoisotopic (exact) mass is 370 g/mol. The van der Waals surface area contributed by atoms with Gasteiger partial charge in [-0.05, 0) is 61.7 Å². The zero-order valence-corrected chi connectivity index (χ0v) is 15.4. The summed E-state index contributed by atoms with van der Waals surface area (Å²) in [6.45, 7) is 3.12. The van der Waals surface area contributed by atoms with Crippen LogP contribution in [0.3, 0.4) is 0 Å². The summed E-state index contributed by atoms with van der Waals surface area (Å²) in [7, 11) is 0. The van der Waals surface area contributed by atoms with Crippen molar-refractivity contribution >= 4 is 23.3 Å². The standard InChI is InChI=1S/C21H23ClN2O2/c22-17-6-8-18(9-7-17)23-20(16-4-2-1-3-5-16)21(25)26-19-14-24-12-10-15(19)11-13-24/h1-9,15,19-20,23H,10-14H2/t19-,20?/m0/s1. The summed E-state index contributed by atoms with van der Waals surface area (Å²) >= 11 is 5.97. The van der Waals surface area contributed by atoms with E-state index in [1.807, 2.05) is 54.6 Å². The molecule has 5 heteroatoms. The molecule has 0 spiro atoms. The summed E-state index contributed by atoms with van der Waals surface area (Å²) in [6.07, 6.45) is 2.25. The lowest BCUT2D eigenvalue weighted by Gasteiger charge is -2.44. The van der Waals surface area contributed by atoms with Gasteiger partial charge in [0.15, 0.2) is 6.04 Å². The Labute approximate surface area is 159 Å². The minimum absolute atomic E-state index is 0.00299. The summed E-state index contributed by atoms with van der Waals surface area (Å²) in [4.78, 5) is 15.4. The quantitative estimate of drug-likeness (QED) is 0.803. The van der Waals surface area contributed by atoms with Gasteiger partial charge in [0.1, 0.15) is 6.10 Å². The molecular weight excluding hydrogens is 348 g/mol. The van der Waals surface area contributed by atoms with Crippen LogP contribution in [0.25, 0.3) is 0 Å². The number of esters is 1. The second-order valence-corrected chi connectivity index (χ2v) is 7.54. The molecule has 2 aromatic carbocycles. The number of hydrogen-bond acceptors (Lipinski definition) is 4. The number of nitrogens with zero attached hydrogens (tertiary/aromatic N) is 1. The summed E-state index contributed by atoms with van der Waals surface area (Å²) in [5.74, 6) is 0.279. The highest BCUT2D eigenvalue weighted by Crippen LogP contribution is 2.31. The van der Waals surface area contributed by atoms with Gasteiger partial charge < -0.3 is 10.1 Å². The number of piperidine rings is 3. The average molecular weight is 371 g/mol. The molecule has 1 unspecified atom stereocenters. The molecule has 0 radical (unpaired) electrons. The van der Waals surface area contributed by atoms with Crippen LogP contribution < -0.4 is 5.32 Å². The van der Waals surface area contributed by atoms with Gasteiger partial charge in [-0.3, -0.25) is 4.90 Å². The second kappa shape index (κ2) is 7.68. The molecule has 3 heterocycles. The van der Waals surface area contributed by atoms with Gasteiger partial charge in [0.2, 0.25) is 0 Å². The van der Waals surface area contributed by atoms with Gasteiger partial charge in [-0.2, -0.15) is 0 Å². The van der Waals surface area contributed by atoms with E-state index in [2.05, 4.69) is 10.2 Å². The van der Waals surface area contributed by atoms with Gasteiger partial charge in [0.05, 0.1) is 0 Å². The molecule has 26 heavy (non-hydrogen) atoms. The molecule has 3 aliphatic heterocycles. The molecule has 1 N–H and O–H groups in total. The number of carbonyl (C=O) groups is 1. The zero-order valence-electron chi connectivity index (χ0n) is 14.6. The Morgan fingerprint density at radius 3 is 2.38 bits per heavy atom. The summed E-state index contributed by atoms with van der Waals surface area (Å²) in [5.41, 5.74) is 1.74. The molecule has 2 bridgehead atoms. The van der Waals surface area contributed by atoms with E-state index in [4.69, 9.17) is 16.3 Å². The number of halogens is 1. The van der Waals surface area contributed by atoms with Gasteiger partial charge in [-0.1, -0.05) is 41.9 Å². The Morgan fingerprint density at radius 1 is 1.08 bits per heavy atom. The van der Waals surface area contributed by atoms with Crippen molar-refractivity contribution < 1.29 is 9.53 Å². The Balaban J connectivity index is 1.52. The lowest BCUT2D eigenvalue weighted by Crippen LogP contribution is -2.52. The van der Waals surface area contributed by atoms with Crippen molar-refractivity contribution in [3.05, 3.63) is 65.2 Å². The second-order valence-electron chi connectivity index (χ2n) is 7.11. The summed E-state index contributed by atoms with van der Waals surface area (Å²) in [6, 6.07) is 16.6. The predicted octanol–water partition coefficient (Wildman–Crippen LogP) is 4.13. The van der Waals surface area contributed by atoms with E-state index in [0.29, 0.717) is 10.9 Å². The molecule has 0 aliphatic carbocycles. The van der Waals surface area contributed by atoms with Crippen molar-refractivity contribution in [1.29, 1.82) is 0 Å². The van der Waals surface area contributed by atoms with E-state index in [9.17, 15) is 4.79 Å². The zero-order chi connectivity index (χ0) is 17.9. The Kier molecular flexibility index (Phi) is 5.14. The number of hydrogen-bond donors (Lipinski definition) is 1. The minimum Gasteiger partial charge on any atom is -0.459 e. The Hall–Kier alpha value is -2.04. The summed E-state index contributed by atoms with van der Waals surface area (Å²) in [5, 5.41) is 3.98. The van der Waals surface area contributed by atoms with Gasteiger partial charge >= 0.3 is 5.97 Å². The van der Waals surface area contributed by atoms with Crippen molar-refractivity contribution in [2.75, 3.05) is 25.0 Å². The molecular formula is C21H23ClN2O2. The Morgan fingerprint density at radius 2 is 1.77 bits per heavy atom. The third-order valence-corrected chi connectivity index (χ3v) is 5.64. The molecule has 2 atom stereocenters. The van der Waals surface area contributed by atoms with Crippen LogP contribution in [-0.2, 0) is 9.53 Å². The lowest BCUT2D eigenvalue weighted by atomic mass is 9.86. The topological polar surface area (TPSA) is 41.6 Å². The van der Waals surface area contributed by atoms with Crippen LogP contribution in [0.1, 0.15) is 24.4 Å². The van der Waals surface area contributed by atoms with Crippen LogP contribution in [0.2, 0.25) is 5.02 Å².